The normalized spacial score (nSPS) is 12.1. The van der Waals surface area contributed by atoms with Gasteiger partial charge >= 0.3 is 0 Å². The summed E-state index contributed by atoms with van der Waals surface area (Å²) in [6.07, 6.45) is 0. The van der Waals surface area contributed by atoms with Gasteiger partial charge in [0.25, 0.3) is 0 Å². The summed E-state index contributed by atoms with van der Waals surface area (Å²) in [4.78, 5) is 0. The number of fused-ring (bicyclic) bond motifs is 12. The van der Waals surface area contributed by atoms with E-state index in [-0.39, 0.29) is 0 Å². The first kappa shape index (κ1) is 18.3. The second-order valence-electron chi connectivity index (χ2n) is 8.92. The Hall–Kier alpha value is -4.14. The van der Waals surface area contributed by atoms with Crippen molar-refractivity contribution in [3.05, 3.63) is 115 Å². The molecule has 0 N–H and O–H groups in total. The van der Waals surface area contributed by atoms with Crippen LogP contribution < -0.4 is 0 Å². The lowest BCUT2D eigenvalue weighted by Gasteiger charge is -2.13. The molecular weight excluding hydrogens is 430 g/mol. The highest BCUT2D eigenvalue weighted by Crippen LogP contribution is 2.47. The van der Waals surface area contributed by atoms with Crippen LogP contribution in [0.4, 0.5) is 0 Å². The predicted molar refractivity (Wildman–Crippen MR) is 149 cm³/mol. The Kier molecular flexibility index (Phi) is 3.60. The highest BCUT2D eigenvalue weighted by molar-refractivity contribution is 7.26. The average Bonchev–Trinajstić information content (AvgIpc) is 3.45. The van der Waals surface area contributed by atoms with Crippen molar-refractivity contribution in [3.8, 4) is 5.69 Å². The van der Waals surface area contributed by atoms with Crippen LogP contribution in [-0.4, -0.2) is 4.57 Å². The molecule has 0 fully saturated rings. The molecule has 8 rings (SSSR count). The molecular formula is C32H19NS. The molecule has 6 aromatic carbocycles. The van der Waals surface area contributed by atoms with Crippen LogP contribution in [0, 0.1) is 0 Å². The van der Waals surface area contributed by atoms with E-state index in [4.69, 9.17) is 0 Å². The fourth-order valence-corrected chi connectivity index (χ4v) is 7.03. The molecule has 0 spiro atoms. The summed E-state index contributed by atoms with van der Waals surface area (Å²) in [6, 6.07) is 42.0. The van der Waals surface area contributed by atoms with Crippen LogP contribution in [-0.2, 0) is 0 Å². The van der Waals surface area contributed by atoms with Gasteiger partial charge in [-0.1, -0.05) is 91.0 Å². The molecule has 0 aliphatic rings. The molecule has 0 saturated heterocycles. The van der Waals surface area contributed by atoms with Crippen molar-refractivity contribution in [1.82, 2.24) is 4.57 Å². The van der Waals surface area contributed by atoms with Crippen molar-refractivity contribution < 1.29 is 0 Å². The lowest BCUT2D eigenvalue weighted by Crippen LogP contribution is -1.94. The van der Waals surface area contributed by atoms with Gasteiger partial charge in [0.2, 0.25) is 0 Å². The summed E-state index contributed by atoms with van der Waals surface area (Å²) in [5.41, 5.74) is 3.75. The molecule has 0 atom stereocenters. The molecule has 2 aromatic heterocycles. The minimum absolute atomic E-state index is 1.20. The van der Waals surface area contributed by atoms with Crippen molar-refractivity contribution in [2.24, 2.45) is 0 Å². The van der Waals surface area contributed by atoms with Gasteiger partial charge < -0.3 is 4.57 Å². The van der Waals surface area contributed by atoms with E-state index in [1.54, 1.807) is 0 Å². The maximum absolute atomic E-state index is 2.48. The maximum atomic E-state index is 2.48. The standard InChI is InChI=1S/C32H19NS/c1-2-10-20(11-3-1)33-27-16-8-6-15-26(27)29-23-14-5-4-12-21(23)24-18-19-25-22-13-7-9-17-28(22)34-32(25)30(24)31(29)33/h1-19H. The number of hydrogen-bond acceptors (Lipinski definition) is 1. The number of benzene rings is 6. The second-order valence-corrected chi connectivity index (χ2v) is 9.97. The maximum Gasteiger partial charge on any atom is 0.0640 e. The predicted octanol–water partition coefficient (Wildman–Crippen LogP) is 9.46. The third-order valence-corrected chi connectivity index (χ3v) is 8.36. The summed E-state index contributed by atoms with van der Waals surface area (Å²) in [7, 11) is 0. The summed E-state index contributed by atoms with van der Waals surface area (Å²) < 4.78 is 5.19. The van der Waals surface area contributed by atoms with E-state index in [9.17, 15) is 0 Å². The third-order valence-electron chi connectivity index (χ3n) is 7.16. The van der Waals surface area contributed by atoms with Crippen molar-refractivity contribution in [3.63, 3.8) is 0 Å². The van der Waals surface area contributed by atoms with Crippen molar-refractivity contribution >= 4 is 74.9 Å². The molecule has 2 heterocycles. The number of rotatable bonds is 1. The average molecular weight is 450 g/mol. The van der Waals surface area contributed by atoms with Gasteiger partial charge in [0, 0.05) is 42.0 Å². The van der Waals surface area contributed by atoms with Crippen LogP contribution in [0.2, 0.25) is 0 Å². The SMILES string of the molecule is c1ccc(-n2c3ccccc3c3c4ccccc4c4ccc5c6ccccc6sc5c4c32)cc1. The molecule has 158 valence electrons. The monoisotopic (exact) mass is 449 g/mol. The number of nitrogens with zero attached hydrogens (tertiary/aromatic N) is 1. The van der Waals surface area contributed by atoms with E-state index >= 15 is 0 Å². The van der Waals surface area contributed by atoms with E-state index in [0.717, 1.165) is 0 Å². The smallest absolute Gasteiger partial charge is 0.0640 e. The Labute approximate surface area is 200 Å². The highest BCUT2D eigenvalue weighted by atomic mass is 32.1. The van der Waals surface area contributed by atoms with Crippen LogP contribution in [0.25, 0.3) is 69.2 Å². The summed E-state index contributed by atoms with van der Waals surface area (Å²) in [6.45, 7) is 0. The van der Waals surface area contributed by atoms with Gasteiger partial charge in [0.05, 0.1) is 11.0 Å². The Balaban J connectivity index is 1.78. The van der Waals surface area contributed by atoms with Crippen molar-refractivity contribution in [2.45, 2.75) is 0 Å². The zero-order valence-corrected chi connectivity index (χ0v) is 19.1. The summed E-state index contributed by atoms with van der Waals surface area (Å²) in [5, 5.41) is 10.6. The first-order valence-electron chi connectivity index (χ1n) is 11.6. The van der Waals surface area contributed by atoms with E-state index in [1.165, 1.54) is 69.2 Å². The lowest BCUT2D eigenvalue weighted by atomic mass is 9.95. The minimum Gasteiger partial charge on any atom is -0.309 e. The molecule has 0 saturated carbocycles. The van der Waals surface area contributed by atoms with E-state index in [2.05, 4.69) is 120 Å². The van der Waals surface area contributed by atoms with Crippen LogP contribution in [0.15, 0.2) is 115 Å². The van der Waals surface area contributed by atoms with Crippen LogP contribution >= 0.6 is 11.3 Å². The Morgan fingerprint density at radius 2 is 1.06 bits per heavy atom. The van der Waals surface area contributed by atoms with Gasteiger partial charge in [0.1, 0.15) is 0 Å². The molecule has 0 radical (unpaired) electrons. The molecule has 0 aliphatic carbocycles. The van der Waals surface area contributed by atoms with Gasteiger partial charge in [-0.15, -0.1) is 11.3 Å². The van der Waals surface area contributed by atoms with E-state index < -0.39 is 0 Å². The molecule has 0 unspecified atom stereocenters. The molecule has 0 bridgehead atoms. The van der Waals surface area contributed by atoms with Crippen LogP contribution in [0.3, 0.4) is 0 Å². The number of thiophene rings is 1. The fraction of sp³-hybridized carbons (Fsp3) is 0. The Morgan fingerprint density at radius 1 is 0.441 bits per heavy atom. The topological polar surface area (TPSA) is 4.93 Å². The lowest BCUT2D eigenvalue weighted by molar-refractivity contribution is 1.19. The Morgan fingerprint density at radius 3 is 1.91 bits per heavy atom. The molecule has 0 amide bonds. The third kappa shape index (κ3) is 2.28. The zero-order valence-electron chi connectivity index (χ0n) is 18.3. The van der Waals surface area contributed by atoms with Crippen molar-refractivity contribution in [1.29, 1.82) is 0 Å². The number of aromatic nitrogens is 1. The minimum atomic E-state index is 1.20. The van der Waals surface area contributed by atoms with Gasteiger partial charge in [-0.25, -0.2) is 0 Å². The highest BCUT2D eigenvalue weighted by Gasteiger charge is 2.21. The Bertz CT molecular complexity index is 2060. The van der Waals surface area contributed by atoms with Gasteiger partial charge in [-0.05, 0) is 40.4 Å². The molecule has 34 heavy (non-hydrogen) atoms. The van der Waals surface area contributed by atoms with Gasteiger partial charge in [0.15, 0.2) is 0 Å². The van der Waals surface area contributed by atoms with Gasteiger partial charge in [-0.2, -0.15) is 0 Å². The van der Waals surface area contributed by atoms with E-state index in [1.807, 2.05) is 11.3 Å². The molecule has 0 aliphatic heterocycles. The zero-order chi connectivity index (χ0) is 22.2. The van der Waals surface area contributed by atoms with Crippen LogP contribution in [0.1, 0.15) is 0 Å². The van der Waals surface area contributed by atoms with E-state index in [0.29, 0.717) is 0 Å². The van der Waals surface area contributed by atoms with Crippen LogP contribution in [0.5, 0.6) is 0 Å². The molecule has 8 aromatic rings. The molecule has 2 heteroatoms. The number of hydrogen-bond donors (Lipinski definition) is 0. The fourth-order valence-electron chi connectivity index (χ4n) is 5.78. The molecule has 1 nitrogen and oxygen atoms in total. The summed E-state index contributed by atoms with van der Waals surface area (Å²) in [5.74, 6) is 0. The quantitative estimate of drug-likeness (QED) is 0.220. The van der Waals surface area contributed by atoms with Crippen molar-refractivity contribution in [2.75, 3.05) is 0 Å². The number of para-hydroxylation sites is 2. The largest absolute Gasteiger partial charge is 0.309 e. The van der Waals surface area contributed by atoms with Gasteiger partial charge in [-0.3, -0.25) is 0 Å². The second kappa shape index (κ2) is 6.69. The first-order valence-corrected chi connectivity index (χ1v) is 12.4. The summed E-state index contributed by atoms with van der Waals surface area (Å²) >= 11 is 1.92. The first-order chi connectivity index (χ1) is 16.9.